The summed E-state index contributed by atoms with van der Waals surface area (Å²) < 4.78 is 1.03. The monoisotopic (exact) mass is 412 g/mol. The standard InChI is InChI=1S/C13H9IN4O4/c14-10-3-1-2-9(6-10)8-15-16-12-5-4-11(17(19)20)7-13(12)18(21)22/h1-8,16H/b15-8+. The summed E-state index contributed by atoms with van der Waals surface area (Å²) in [6.07, 6.45) is 1.51. The predicted molar refractivity (Wildman–Crippen MR) is 90.1 cm³/mol. The highest BCUT2D eigenvalue weighted by Gasteiger charge is 2.18. The zero-order chi connectivity index (χ0) is 16.1. The van der Waals surface area contributed by atoms with E-state index in [0.717, 1.165) is 15.2 Å². The fourth-order valence-corrected chi connectivity index (χ4v) is 2.21. The summed E-state index contributed by atoms with van der Waals surface area (Å²) in [5.41, 5.74) is 2.68. The second-order valence-electron chi connectivity index (χ2n) is 4.14. The Bertz CT molecular complexity index is 763. The summed E-state index contributed by atoms with van der Waals surface area (Å²) in [6.45, 7) is 0. The minimum absolute atomic E-state index is 0.0810. The number of hydrogen-bond acceptors (Lipinski definition) is 6. The second-order valence-corrected chi connectivity index (χ2v) is 5.39. The van der Waals surface area contributed by atoms with Gasteiger partial charge in [0.2, 0.25) is 0 Å². The van der Waals surface area contributed by atoms with Crippen LogP contribution in [0.2, 0.25) is 0 Å². The molecular formula is C13H9IN4O4. The maximum absolute atomic E-state index is 11.0. The third-order valence-corrected chi connectivity index (χ3v) is 3.31. The Morgan fingerprint density at radius 1 is 1.09 bits per heavy atom. The van der Waals surface area contributed by atoms with Gasteiger partial charge in [0, 0.05) is 9.64 Å². The van der Waals surface area contributed by atoms with Crippen molar-refractivity contribution < 1.29 is 9.85 Å². The molecular weight excluding hydrogens is 403 g/mol. The van der Waals surface area contributed by atoms with Crippen LogP contribution in [0.15, 0.2) is 47.6 Å². The van der Waals surface area contributed by atoms with Crippen molar-refractivity contribution in [2.45, 2.75) is 0 Å². The molecule has 2 aromatic rings. The van der Waals surface area contributed by atoms with Crippen molar-refractivity contribution in [1.82, 2.24) is 0 Å². The van der Waals surface area contributed by atoms with Crippen molar-refractivity contribution in [3.8, 4) is 0 Å². The van der Waals surface area contributed by atoms with Gasteiger partial charge in [0.05, 0.1) is 22.1 Å². The van der Waals surface area contributed by atoms with Gasteiger partial charge in [-0.25, -0.2) is 0 Å². The Kier molecular flexibility index (Phi) is 4.99. The lowest BCUT2D eigenvalue weighted by molar-refractivity contribution is -0.393. The van der Waals surface area contributed by atoms with Gasteiger partial charge in [-0.05, 0) is 46.4 Å². The third kappa shape index (κ3) is 3.97. The molecule has 0 spiro atoms. The number of rotatable bonds is 5. The van der Waals surface area contributed by atoms with Crippen molar-refractivity contribution in [3.63, 3.8) is 0 Å². The van der Waals surface area contributed by atoms with E-state index in [9.17, 15) is 20.2 Å². The number of nitro groups is 2. The fourth-order valence-electron chi connectivity index (χ4n) is 1.64. The van der Waals surface area contributed by atoms with Crippen LogP contribution in [0.3, 0.4) is 0 Å². The average molecular weight is 412 g/mol. The maximum Gasteiger partial charge on any atom is 0.301 e. The molecule has 0 bridgehead atoms. The molecule has 0 atom stereocenters. The molecule has 0 saturated heterocycles. The van der Waals surface area contributed by atoms with E-state index in [4.69, 9.17) is 0 Å². The van der Waals surface area contributed by atoms with E-state index in [1.165, 1.54) is 18.3 Å². The molecule has 0 aliphatic rings. The molecule has 2 aromatic carbocycles. The number of nitro benzene ring substituents is 2. The molecule has 2 rings (SSSR count). The molecule has 0 amide bonds. The molecule has 0 aliphatic heterocycles. The highest BCUT2D eigenvalue weighted by molar-refractivity contribution is 14.1. The lowest BCUT2D eigenvalue weighted by atomic mass is 10.2. The molecule has 0 aromatic heterocycles. The van der Waals surface area contributed by atoms with E-state index in [-0.39, 0.29) is 11.4 Å². The summed E-state index contributed by atoms with van der Waals surface area (Å²) >= 11 is 2.16. The highest BCUT2D eigenvalue weighted by atomic mass is 127. The molecule has 0 unspecified atom stereocenters. The first kappa shape index (κ1) is 15.8. The normalized spacial score (nSPS) is 10.6. The average Bonchev–Trinajstić information content (AvgIpc) is 2.47. The summed E-state index contributed by atoms with van der Waals surface area (Å²) in [6, 6.07) is 10.8. The number of hydrogen-bond donors (Lipinski definition) is 1. The minimum Gasteiger partial charge on any atom is -0.272 e. The first-order chi connectivity index (χ1) is 10.5. The topological polar surface area (TPSA) is 111 Å². The Labute approximate surface area is 138 Å². The van der Waals surface area contributed by atoms with Crippen molar-refractivity contribution >= 4 is 45.9 Å². The second kappa shape index (κ2) is 6.93. The van der Waals surface area contributed by atoms with Crippen molar-refractivity contribution in [2.24, 2.45) is 5.10 Å². The van der Waals surface area contributed by atoms with Crippen LogP contribution in [0.25, 0.3) is 0 Å². The molecule has 22 heavy (non-hydrogen) atoms. The molecule has 0 heterocycles. The summed E-state index contributed by atoms with van der Waals surface area (Å²) in [4.78, 5) is 20.2. The van der Waals surface area contributed by atoms with Gasteiger partial charge in [0.15, 0.2) is 0 Å². The van der Waals surface area contributed by atoms with Crippen LogP contribution in [-0.4, -0.2) is 16.1 Å². The van der Waals surface area contributed by atoms with Crippen molar-refractivity contribution in [3.05, 3.63) is 71.8 Å². The Balaban J connectivity index is 2.22. The van der Waals surface area contributed by atoms with Gasteiger partial charge in [-0.15, -0.1) is 0 Å². The van der Waals surface area contributed by atoms with Gasteiger partial charge in [-0.3, -0.25) is 25.7 Å². The molecule has 0 saturated carbocycles. The molecule has 112 valence electrons. The molecule has 8 nitrogen and oxygen atoms in total. The highest BCUT2D eigenvalue weighted by Crippen LogP contribution is 2.28. The van der Waals surface area contributed by atoms with Gasteiger partial charge >= 0.3 is 5.69 Å². The first-order valence-electron chi connectivity index (χ1n) is 5.95. The smallest absolute Gasteiger partial charge is 0.272 e. The van der Waals surface area contributed by atoms with Crippen LogP contribution < -0.4 is 5.43 Å². The molecule has 0 fully saturated rings. The van der Waals surface area contributed by atoms with E-state index in [1.54, 1.807) is 0 Å². The third-order valence-electron chi connectivity index (χ3n) is 2.64. The van der Waals surface area contributed by atoms with Crippen molar-refractivity contribution in [2.75, 3.05) is 5.43 Å². The lowest BCUT2D eigenvalue weighted by Crippen LogP contribution is -1.98. The zero-order valence-corrected chi connectivity index (χ0v) is 13.1. The van der Waals surface area contributed by atoms with E-state index in [0.29, 0.717) is 0 Å². The van der Waals surface area contributed by atoms with Gasteiger partial charge < -0.3 is 0 Å². The summed E-state index contributed by atoms with van der Waals surface area (Å²) in [5, 5.41) is 25.5. The molecule has 0 aliphatic carbocycles. The van der Waals surface area contributed by atoms with Crippen LogP contribution >= 0.6 is 22.6 Å². The van der Waals surface area contributed by atoms with Gasteiger partial charge in [0.25, 0.3) is 5.69 Å². The number of nitrogens with zero attached hydrogens (tertiary/aromatic N) is 3. The largest absolute Gasteiger partial charge is 0.301 e. The van der Waals surface area contributed by atoms with E-state index in [1.807, 2.05) is 24.3 Å². The quantitative estimate of drug-likeness (QED) is 0.350. The van der Waals surface area contributed by atoms with Crippen LogP contribution in [0.5, 0.6) is 0 Å². The fraction of sp³-hybridized carbons (Fsp3) is 0. The number of halogens is 1. The number of benzene rings is 2. The van der Waals surface area contributed by atoms with E-state index in [2.05, 4.69) is 33.1 Å². The van der Waals surface area contributed by atoms with Gasteiger partial charge in [0.1, 0.15) is 5.69 Å². The zero-order valence-electron chi connectivity index (χ0n) is 11.0. The van der Waals surface area contributed by atoms with Crippen LogP contribution in [-0.2, 0) is 0 Å². The first-order valence-corrected chi connectivity index (χ1v) is 7.03. The van der Waals surface area contributed by atoms with Crippen LogP contribution in [0.1, 0.15) is 5.56 Å². The number of hydrazone groups is 1. The number of nitrogens with one attached hydrogen (secondary N) is 1. The van der Waals surface area contributed by atoms with Crippen LogP contribution in [0, 0.1) is 23.8 Å². The van der Waals surface area contributed by atoms with Crippen LogP contribution in [0.4, 0.5) is 17.1 Å². The van der Waals surface area contributed by atoms with E-state index >= 15 is 0 Å². The minimum atomic E-state index is -0.698. The van der Waals surface area contributed by atoms with Crippen molar-refractivity contribution in [1.29, 1.82) is 0 Å². The Morgan fingerprint density at radius 2 is 1.86 bits per heavy atom. The summed E-state index contributed by atoms with van der Waals surface area (Å²) in [5.74, 6) is 0. The Hall–Kier alpha value is -2.56. The molecule has 9 heteroatoms. The predicted octanol–water partition coefficient (Wildman–Crippen LogP) is 3.55. The SMILES string of the molecule is O=[N+]([O-])c1ccc(N/N=C/c2cccc(I)c2)c([N+](=O)[O-])c1. The number of anilines is 1. The number of non-ortho nitro benzene ring substituents is 1. The van der Waals surface area contributed by atoms with Gasteiger partial charge in [-0.2, -0.15) is 5.10 Å². The Morgan fingerprint density at radius 3 is 2.50 bits per heavy atom. The summed E-state index contributed by atoms with van der Waals surface area (Å²) in [7, 11) is 0. The van der Waals surface area contributed by atoms with Gasteiger partial charge in [-0.1, -0.05) is 12.1 Å². The lowest BCUT2D eigenvalue weighted by Gasteiger charge is -2.02. The maximum atomic E-state index is 11.0. The molecule has 0 radical (unpaired) electrons. The van der Waals surface area contributed by atoms with E-state index < -0.39 is 15.5 Å². The molecule has 1 N–H and O–H groups in total.